The van der Waals surface area contributed by atoms with Crippen molar-refractivity contribution in [2.75, 3.05) is 5.73 Å². The van der Waals surface area contributed by atoms with Gasteiger partial charge >= 0.3 is 5.69 Å². The van der Waals surface area contributed by atoms with Crippen molar-refractivity contribution in [1.29, 1.82) is 0 Å². The molecule has 3 aromatic heterocycles. The van der Waals surface area contributed by atoms with E-state index in [4.69, 9.17) is 5.73 Å². The molecule has 0 saturated carbocycles. The predicted molar refractivity (Wildman–Crippen MR) is 68.8 cm³/mol. The van der Waals surface area contributed by atoms with E-state index < -0.39 is 5.56 Å². The van der Waals surface area contributed by atoms with Crippen molar-refractivity contribution in [2.24, 2.45) is 0 Å². The zero-order chi connectivity index (χ0) is 12.7. The van der Waals surface area contributed by atoms with Crippen LogP contribution in [0.5, 0.6) is 0 Å². The van der Waals surface area contributed by atoms with E-state index in [2.05, 4.69) is 15.0 Å². The SMILES string of the molecule is Nc1nc2c([nH]c(=O)n2Cc2cccs2)c(=O)[nH]1. The van der Waals surface area contributed by atoms with Gasteiger partial charge in [-0.05, 0) is 11.4 Å². The van der Waals surface area contributed by atoms with Crippen LogP contribution < -0.4 is 17.0 Å². The van der Waals surface area contributed by atoms with Gasteiger partial charge in [-0.3, -0.25) is 19.3 Å². The lowest BCUT2D eigenvalue weighted by atomic mass is 10.4. The van der Waals surface area contributed by atoms with E-state index in [0.717, 1.165) is 4.88 Å². The Morgan fingerprint density at radius 1 is 1.39 bits per heavy atom. The van der Waals surface area contributed by atoms with Gasteiger partial charge in [0.2, 0.25) is 5.95 Å². The lowest BCUT2D eigenvalue weighted by Crippen LogP contribution is -2.17. The molecule has 18 heavy (non-hydrogen) atoms. The number of nitrogens with two attached hydrogens (primary N) is 1. The summed E-state index contributed by atoms with van der Waals surface area (Å²) >= 11 is 1.53. The van der Waals surface area contributed by atoms with Gasteiger partial charge < -0.3 is 5.73 Å². The number of hydrogen-bond donors (Lipinski definition) is 3. The van der Waals surface area contributed by atoms with Crippen LogP contribution in [0.1, 0.15) is 4.88 Å². The van der Waals surface area contributed by atoms with Crippen LogP contribution in [0.4, 0.5) is 5.95 Å². The van der Waals surface area contributed by atoms with Gasteiger partial charge in [0.1, 0.15) is 0 Å². The van der Waals surface area contributed by atoms with Crippen LogP contribution in [0, 0.1) is 0 Å². The molecular weight excluding hydrogens is 254 g/mol. The van der Waals surface area contributed by atoms with Gasteiger partial charge in [-0.2, -0.15) is 4.98 Å². The van der Waals surface area contributed by atoms with E-state index in [-0.39, 0.29) is 22.8 Å². The number of nitrogen functional groups attached to an aromatic ring is 1. The summed E-state index contributed by atoms with van der Waals surface area (Å²) in [5.74, 6) is -0.00794. The highest BCUT2D eigenvalue weighted by Crippen LogP contribution is 2.12. The van der Waals surface area contributed by atoms with Gasteiger partial charge in [0, 0.05) is 4.88 Å². The molecule has 0 aliphatic carbocycles. The third-order valence-electron chi connectivity index (χ3n) is 2.55. The number of rotatable bonds is 2. The number of aromatic nitrogens is 4. The lowest BCUT2D eigenvalue weighted by molar-refractivity contribution is 0.789. The predicted octanol–water partition coefficient (Wildman–Crippen LogP) is 0.105. The van der Waals surface area contributed by atoms with Gasteiger partial charge in [0.05, 0.1) is 6.54 Å². The van der Waals surface area contributed by atoms with Crippen LogP contribution in [0.2, 0.25) is 0 Å². The average molecular weight is 263 g/mol. The molecule has 0 aliphatic rings. The first-order valence-electron chi connectivity index (χ1n) is 5.16. The smallest absolute Gasteiger partial charge is 0.328 e. The number of H-pyrrole nitrogens is 2. The quantitative estimate of drug-likeness (QED) is 0.609. The molecule has 92 valence electrons. The second-order valence-corrected chi connectivity index (χ2v) is 4.78. The van der Waals surface area contributed by atoms with Gasteiger partial charge in [0.25, 0.3) is 5.56 Å². The summed E-state index contributed by atoms with van der Waals surface area (Å²) in [6, 6.07) is 3.81. The highest BCUT2D eigenvalue weighted by molar-refractivity contribution is 7.09. The standard InChI is InChI=1S/C10H9N5O2S/c11-9-13-7-6(8(16)14-9)12-10(17)15(7)4-5-2-1-3-18-5/h1-3H,4H2,(H,12,17)(H3,11,13,14,16). The van der Waals surface area contributed by atoms with E-state index in [9.17, 15) is 9.59 Å². The normalized spacial score (nSPS) is 11.1. The van der Waals surface area contributed by atoms with E-state index >= 15 is 0 Å². The fraction of sp³-hybridized carbons (Fsp3) is 0.100. The molecule has 3 aromatic rings. The third-order valence-corrected chi connectivity index (χ3v) is 3.41. The number of fused-ring (bicyclic) bond motifs is 1. The van der Waals surface area contributed by atoms with Crippen molar-refractivity contribution < 1.29 is 0 Å². The zero-order valence-corrected chi connectivity index (χ0v) is 9.95. The Kier molecular flexibility index (Phi) is 2.30. The Hall–Kier alpha value is -2.35. The molecule has 0 fully saturated rings. The van der Waals surface area contributed by atoms with Crippen LogP contribution >= 0.6 is 11.3 Å². The van der Waals surface area contributed by atoms with E-state index in [1.165, 1.54) is 15.9 Å². The minimum Gasteiger partial charge on any atom is -0.369 e. The summed E-state index contributed by atoms with van der Waals surface area (Å²) < 4.78 is 1.40. The second-order valence-electron chi connectivity index (χ2n) is 3.75. The summed E-state index contributed by atoms with van der Waals surface area (Å²) in [6.07, 6.45) is 0. The van der Waals surface area contributed by atoms with Crippen LogP contribution in [0.15, 0.2) is 27.1 Å². The maximum Gasteiger partial charge on any atom is 0.328 e. The number of hydrogen-bond acceptors (Lipinski definition) is 5. The van der Waals surface area contributed by atoms with Crippen LogP contribution in [0.25, 0.3) is 11.2 Å². The summed E-state index contributed by atoms with van der Waals surface area (Å²) in [7, 11) is 0. The molecule has 0 spiro atoms. The first kappa shape index (κ1) is 10.8. The Morgan fingerprint density at radius 3 is 2.94 bits per heavy atom. The average Bonchev–Trinajstić information content (AvgIpc) is 2.91. The maximum absolute atomic E-state index is 11.8. The minimum absolute atomic E-state index is 0.00794. The van der Waals surface area contributed by atoms with Crippen molar-refractivity contribution in [3.05, 3.63) is 43.2 Å². The van der Waals surface area contributed by atoms with Gasteiger partial charge in [-0.25, -0.2) is 4.79 Å². The summed E-state index contributed by atoms with van der Waals surface area (Å²) in [5, 5.41) is 1.92. The molecule has 0 atom stereocenters. The molecule has 4 N–H and O–H groups in total. The fourth-order valence-electron chi connectivity index (χ4n) is 1.76. The Balaban J connectivity index is 2.25. The van der Waals surface area contributed by atoms with Crippen molar-refractivity contribution in [3.63, 3.8) is 0 Å². The summed E-state index contributed by atoms with van der Waals surface area (Å²) in [6.45, 7) is 0.367. The Morgan fingerprint density at radius 2 is 2.22 bits per heavy atom. The van der Waals surface area contributed by atoms with Gasteiger partial charge in [-0.1, -0.05) is 6.07 Å². The minimum atomic E-state index is -0.445. The Labute approximate surface area is 104 Å². The first-order valence-corrected chi connectivity index (χ1v) is 6.04. The van der Waals surface area contributed by atoms with Crippen molar-refractivity contribution in [3.8, 4) is 0 Å². The van der Waals surface area contributed by atoms with Crippen LogP contribution in [0.3, 0.4) is 0 Å². The number of aromatic amines is 2. The van der Waals surface area contributed by atoms with Gasteiger partial charge in [0.15, 0.2) is 11.2 Å². The second kappa shape index (κ2) is 3.84. The molecule has 0 aliphatic heterocycles. The number of nitrogens with one attached hydrogen (secondary N) is 2. The van der Waals surface area contributed by atoms with Gasteiger partial charge in [-0.15, -0.1) is 11.3 Å². The van der Waals surface area contributed by atoms with E-state index in [1.54, 1.807) is 0 Å². The summed E-state index contributed by atoms with van der Waals surface area (Å²) in [5.41, 5.74) is 5.08. The molecule has 7 nitrogen and oxygen atoms in total. The topological polar surface area (TPSA) is 110 Å². The molecule has 3 heterocycles. The maximum atomic E-state index is 11.8. The molecule has 0 aromatic carbocycles. The number of nitrogens with zero attached hydrogens (tertiary/aromatic N) is 2. The fourth-order valence-corrected chi connectivity index (χ4v) is 2.45. The first-order chi connectivity index (χ1) is 8.65. The van der Waals surface area contributed by atoms with E-state index in [1.807, 2.05) is 17.5 Å². The van der Waals surface area contributed by atoms with Crippen molar-refractivity contribution in [1.82, 2.24) is 19.5 Å². The van der Waals surface area contributed by atoms with Crippen molar-refractivity contribution >= 4 is 28.4 Å². The molecule has 3 rings (SSSR count). The highest BCUT2D eigenvalue weighted by Gasteiger charge is 2.12. The van der Waals surface area contributed by atoms with Crippen LogP contribution in [-0.4, -0.2) is 19.5 Å². The number of thiophene rings is 1. The zero-order valence-electron chi connectivity index (χ0n) is 9.14. The molecule has 8 heteroatoms. The highest BCUT2D eigenvalue weighted by atomic mass is 32.1. The third kappa shape index (κ3) is 1.63. The molecule has 0 bridgehead atoms. The molecule has 0 amide bonds. The number of anilines is 1. The largest absolute Gasteiger partial charge is 0.369 e. The Bertz CT molecular complexity index is 811. The van der Waals surface area contributed by atoms with Crippen molar-refractivity contribution in [2.45, 2.75) is 6.54 Å². The lowest BCUT2D eigenvalue weighted by Gasteiger charge is -2.00. The molecule has 0 unspecified atom stereocenters. The molecule has 0 saturated heterocycles. The summed E-state index contributed by atoms with van der Waals surface area (Å²) in [4.78, 5) is 33.2. The van der Waals surface area contributed by atoms with Crippen LogP contribution in [-0.2, 0) is 6.54 Å². The molecular formula is C10H9N5O2S. The monoisotopic (exact) mass is 263 g/mol. The van der Waals surface area contributed by atoms with E-state index in [0.29, 0.717) is 6.54 Å². The number of imidazole rings is 1. The molecule has 0 radical (unpaired) electrons.